The van der Waals surface area contributed by atoms with Gasteiger partial charge in [-0.2, -0.15) is 5.10 Å². The Morgan fingerprint density at radius 1 is 1.50 bits per heavy atom. The summed E-state index contributed by atoms with van der Waals surface area (Å²) in [4.78, 5) is 15.3. The average molecular weight is 262 g/mol. The van der Waals surface area contributed by atoms with E-state index in [9.17, 15) is 4.79 Å². The molecule has 0 unspecified atom stereocenters. The van der Waals surface area contributed by atoms with Gasteiger partial charge in [-0.25, -0.2) is 4.79 Å². The van der Waals surface area contributed by atoms with Crippen LogP contribution < -0.4 is 5.32 Å². The summed E-state index contributed by atoms with van der Waals surface area (Å²) < 4.78 is 1.67. The Kier molecular flexibility index (Phi) is 2.79. The van der Waals surface area contributed by atoms with Crippen LogP contribution in [0.25, 0.3) is 0 Å². The molecule has 5 nitrogen and oxygen atoms in total. The number of rotatable bonds is 1. The van der Waals surface area contributed by atoms with Crippen LogP contribution in [0.5, 0.6) is 0 Å². The van der Waals surface area contributed by atoms with Crippen LogP contribution in [0.1, 0.15) is 10.4 Å². The molecule has 94 valence electrons. The average Bonchev–Trinajstić information content (AvgIpc) is 2.96. The number of thiophene rings is 1. The molecule has 0 aliphatic carbocycles. The maximum atomic E-state index is 12.1. The van der Waals surface area contributed by atoms with Crippen molar-refractivity contribution in [3.8, 4) is 0 Å². The molecule has 1 aliphatic rings. The van der Waals surface area contributed by atoms with Crippen LogP contribution >= 0.6 is 11.3 Å². The van der Waals surface area contributed by atoms with Gasteiger partial charge in [-0.05, 0) is 23.4 Å². The number of anilines is 1. The number of hydrogen-bond acceptors (Lipinski definition) is 3. The summed E-state index contributed by atoms with van der Waals surface area (Å²) in [5.41, 5.74) is 1.27. The lowest BCUT2D eigenvalue weighted by molar-refractivity contribution is 0.206. The van der Waals surface area contributed by atoms with Crippen molar-refractivity contribution >= 4 is 23.2 Å². The van der Waals surface area contributed by atoms with Crippen LogP contribution in [0, 0.1) is 0 Å². The van der Waals surface area contributed by atoms with Crippen LogP contribution in [0.2, 0.25) is 0 Å². The number of fused-ring (bicyclic) bond motifs is 1. The van der Waals surface area contributed by atoms with E-state index < -0.39 is 0 Å². The zero-order valence-electron chi connectivity index (χ0n) is 10.1. The van der Waals surface area contributed by atoms with Gasteiger partial charge < -0.3 is 4.90 Å². The second kappa shape index (κ2) is 4.45. The molecule has 1 aliphatic heterocycles. The maximum Gasteiger partial charge on any atom is 0.323 e. The molecular weight excluding hydrogens is 248 g/mol. The lowest BCUT2D eigenvalue weighted by atomic mass is 10.1. The van der Waals surface area contributed by atoms with Crippen molar-refractivity contribution in [1.82, 2.24) is 14.7 Å². The smallest absolute Gasteiger partial charge is 0.320 e. The lowest BCUT2D eigenvalue weighted by Gasteiger charge is -2.26. The summed E-state index contributed by atoms with van der Waals surface area (Å²) in [5, 5.41) is 9.04. The second-order valence-corrected chi connectivity index (χ2v) is 5.35. The Bertz CT molecular complexity index is 574. The molecule has 2 aromatic rings. The van der Waals surface area contributed by atoms with Gasteiger partial charge in [0.1, 0.15) is 0 Å². The van der Waals surface area contributed by atoms with Gasteiger partial charge >= 0.3 is 6.03 Å². The highest BCUT2D eigenvalue weighted by Crippen LogP contribution is 2.24. The topological polar surface area (TPSA) is 50.2 Å². The third-order valence-electron chi connectivity index (χ3n) is 3.04. The molecule has 0 fully saturated rings. The molecule has 18 heavy (non-hydrogen) atoms. The molecule has 3 heterocycles. The number of aromatic nitrogens is 2. The summed E-state index contributed by atoms with van der Waals surface area (Å²) in [6, 6.07) is 3.81. The van der Waals surface area contributed by atoms with Crippen LogP contribution in [-0.4, -0.2) is 27.3 Å². The molecular formula is C12H14N4OS. The van der Waals surface area contributed by atoms with Gasteiger partial charge in [-0.15, -0.1) is 11.3 Å². The first-order valence-corrected chi connectivity index (χ1v) is 6.71. The highest BCUT2D eigenvalue weighted by Gasteiger charge is 2.21. The predicted octanol–water partition coefficient (Wildman–Crippen LogP) is 2.07. The van der Waals surface area contributed by atoms with E-state index in [0.717, 1.165) is 13.0 Å². The molecule has 1 N–H and O–H groups in total. The van der Waals surface area contributed by atoms with Gasteiger partial charge in [0, 0.05) is 37.3 Å². The van der Waals surface area contributed by atoms with Gasteiger partial charge in [-0.1, -0.05) is 0 Å². The number of urea groups is 1. The third-order valence-corrected chi connectivity index (χ3v) is 4.07. The summed E-state index contributed by atoms with van der Waals surface area (Å²) in [6.45, 7) is 1.46. The van der Waals surface area contributed by atoms with E-state index in [4.69, 9.17) is 0 Å². The van der Waals surface area contributed by atoms with E-state index in [1.807, 2.05) is 18.1 Å². The zero-order valence-corrected chi connectivity index (χ0v) is 10.9. The van der Waals surface area contributed by atoms with E-state index >= 15 is 0 Å². The van der Waals surface area contributed by atoms with Gasteiger partial charge in [-0.3, -0.25) is 10.00 Å². The first kappa shape index (κ1) is 11.3. The van der Waals surface area contributed by atoms with Crippen LogP contribution in [-0.2, 0) is 20.0 Å². The molecule has 0 radical (unpaired) electrons. The molecule has 0 bridgehead atoms. The normalized spacial score (nSPS) is 14.4. The number of nitrogens with zero attached hydrogens (tertiary/aromatic N) is 3. The van der Waals surface area contributed by atoms with Crippen LogP contribution in [0.15, 0.2) is 23.7 Å². The fourth-order valence-corrected chi connectivity index (χ4v) is 2.98. The SMILES string of the molecule is Cn1ccc(NC(=O)N2CCc3sccc3C2)n1. The van der Waals surface area contributed by atoms with Gasteiger partial charge in [0.2, 0.25) is 0 Å². The highest BCUT2D eigenvalue weighted by atomic mass is 32.1. The van der Waals surface area contributed by atoms with Crippen molar-refractivity contribution < 1.29 is 4.79 Å². The van der Waals surface area contributed by atoms with E-state index in [0.29, 0.717) is 12.4 Å². The number of carbonyl (C=O) groups excluding carboxylic acids is 1. The Balaban J connectivity index is 1.67. The highest BCUT2D eigenvalue weighted by molar-refractivity contribution is 7.10. The van der Waals surface area contributed by atoms with E-state index in [2.05, 4.69) is 21.9 Å². The summed E-state index contributed by atoms with van der Waals surface area (Å²) in [7, 11) is 1.83. The predicted molar refractivity (Wildman–Crippen MR) is 70.7 cm³/mol. The Labute approximate surface area is 109 Å². The van der Waals surface area contributed by atoms with Crippen molar-refractivity contribution in [2.24, 2.45) is 7.05 Å². The number of aryl methyl sites for hydroxylation is 1. The largest absolute Gasteiger partial charge is 0.323 e. The minimum absolute atomic E-state index is 0.0782. The van der Waals surface area contributed by atoms with Crippen molar-refractivity contribution in [3.05, 3.63) is 34.2 Å². The van der Waals surface area contributed by atoms with E-state index in [1.54, 1.807) is 22.1 Å². The number of amides is 2. The van der Waals surface area contributed by atoms with Gasteiger partial charge in [0.25, 0.3) is 0 Å². The molecule has 3 rings (SSSR count). The van der Waals surface area contributed by atoms with E-state index in [1.165, 1.54) is 10.4 Å². The Morgan fingerprint density at radius 2 is 2.39 bits per heavy atom. The van der Waals surface area contributed by atoms with Gasteiger partial charge in [0.05, 0.1) is 0 Å². The number of carbonyl (C=O) groups is 1. The fourth-order valence-electron chi connectivity index (χ4n) is 2.09. The molecule has 6 heteroatoms. The molecule has 2 aromatic heterocycles. The standard InChI is InChI=1S/C12H14N4OS/c1-15-5-3-11(14-15)13-12(17)16-6-2-10-9(8-16)4-7-18-10/h3-5,7H,2,6,8H2,1H3,(H,13,14,17). The minimum Gasteiger partial charge on any atom is -0.320 e. The van der Waals surface area contributed by atoms with Crippen molar-refractivity contribution in [2.75, 3.05) is 11.9 Å². The number of nitrogens with one attached hydrogen (secondary N) is 1. The fraction of sp³-hybridized carbons (Fsp3) is 0.333. The summed E-state index contributed by atoms with van der Waals surface area (Å²) in [5.74, 6) is 0.596. The van der Waals surface area contributed by atoms with Crippen molar-refractivity contribution in [3.63, 3.8) is 0 Å². The Morgan fingerprint density at radius 3 is 3.17 bits per heavy atom. The Hall–Kier alpha value is -1.82. The van der Waals surface area contributed by atoms with E-state index in [-0.39, 0.29) is 6.03 Å². The summed E-state index contributed by atoms with van der Waals surface area (Å²) >= 11 is 1.77. The van der Waals surface area contributed by atoms with Crippen LogP contribution in [0.3, 0.4) is 0 Å². The first-order chi connectivity index (χ1) is 8.72. The first-order valence-electron chi connectivity index (χ1n) is 5.83. The molecule has 0 saturated carbocycles. The zero-order chi connectivity index (χ0) is 12.5. The lowest BCUT2D eigenvalue weighted by Crippen LogP contribution is -2.38. The third kappa shape index (κ3) is 2.11. The van der Waals surface area contributed by atoms with Crippen LogP contribution in [0.4, 0.5) is 10.6 Å². The number of hydrogen-bond donors (Lipinski definition) is 1. The molecule has 0 aromatic carbocycles. The quantitative estimate of drug-likeness (QED) is 0.855. The molecule has 0 spiro atoms. The van der Waals surface area contributed by atoms with Gasteiger partial charge in [0.15, 0.2) is 5.82 Å². The molecule has 0 atom stereocenters. The second-order valence-electron chi connectivity index (χ2n) is 4.35. The molecule has 2 amide bonds. The van der Waals surface area contributed by atoms with Crippen molar-refractivity contribution in [1.29, 1.82) is 0 Å². The minimum atomic E-state index is -0.0782. The molecule has 0 saturated heterocycles. The maximum absolute atomic E-state index is 12.1. The summed E-state index contributed by atoms with van der Waals surface area (Å²) in [6.07, 6.45) is 2.76. The monoisotopic (exact) mass is 262 g/mol. The van der Waals surface area contributed by atoms with Crippen molar-refractivity contribution in [2.45, 2.75) is 13.0 Å².